The molecule has 3 heteroatoms. The zero-order valence-corrected chi connectivity index (χ0v) is 12.4. The normalized spacial score (nSPS) is 9.72. The maximum absolute atomic E-state index is 9.37. The molecule has 18 heavy (non-hydrogen) atoms. The number of hydrogen-bond acceptors (Lipinski definition) is 2. The second-order valence-electron chi connectivity index (χ2n) is 4.72. The molecule has 0 rings (SSSR count). The smallest absolute Gasteiger partial charge is 0.303 e. The summed E-state index contributed by atoms with van der Waals surface area (Å²) in [5.74, 6) is -0.745. The molecule has 0 bridgehead atoms. The fraction of sp³-hybridized carbons (Fsp3) is 0.933. The molecule has 0 atom stereocenters. The summed E-state index contributed by atoms with van der Waals surface area (Å²) in [6.45, 7) is 4.74. The van der Waals surface area contributed by atoms with Crippen molar-refractivity contribution in [1.82, 2.24) is 0 Å². The highest BCUT2D eigenvalue weighted by Crippen LogP contribution is 2.09. The first-order valence-electron chi connectivity index (χ1n) is 7.60. The average molecular weight is 259 g/mol. The summed E-state index contributed by atoms with van der Waals surface area (Å²) >= 11 is 0. The van der Waals surface area contributed by atoms with E-state index in [0.717, 1.165) is 6.54 Å². The molecule has 0 unspecified atom stereocenters. The Labute approximate surface area is 113 Å². The summed E-state index contributed by atoms with van der Waals surface area (Å²) in [5.41, 5.74) is 5.42. The number of aliphatic carboxylic acids is 1. The van der Waals surface area contributed by atoms with Gasteiger partial charge in [-0.3, -0.25) is 4.79 Å². The predicted octanol–water partition coefficient (Wildman–Crippen LogP) is 4.35. The Hall–Kier alpha value is -0.570. The molecule has 3 nitrogen and oxygen atoms in total. The molecule has 0 aliphatic heterocycles. The van der Waals surface area contributed by atoms with Gasteiger partial charge < -0.3 is 10.8 Å². The first-order valence-corrected chi connectivity index (χ1v) is 7.60. The van der Waals surface area contributed by atoms with Crippen LogP contribution in [0.25, 0.3) is 0 Å². The van der Waals surface area contributed by atoms with E-state index < -0.39 is 5.97 Å². The van der Waals surface area contributed by atoms with Crippen molar-refractivity contribution >= 4 is 5.97 Å². The van der Waals surface area contributed by atoms with E-state index in [1.54, 1.807) is 6.92 Å². The van der Waals surface area contributed by atoms with E-state index in [9.17, 15) is 4.79 Å². The number of nitrogens with two attached hydrogens (primary N) is 1. The summed E-state index contributed by atoms with van der Waals surface area (Å²) in [6.07, 6.45) is 14.2. The Balaban J connectivity index is 0. The van der Waals surface area contributed by atoms with Gasteiger partial charge in [0.15, 0.2) is 0 Å². The van der Waals surface area contributed by atoms with Gasteiger partial charge in [-0.1, -0.05) is 71.6 Å². The molecule has 0 saturated heterocycles. The van der Waals surface area contributed by atoms with E-state index in [-0.39, 0.29) is 6.42 Å². The lowest BCUT2D eigenvalue weighted by Gasteiger charge is -2.00. The summed E-state index contributed by atoms with van der Waals surface area (Å²) in [6, 6.07) is 0. The van der Waals surface area contributed by atoms with Crippen molar-refractivity contribution in [2.45, 2.75) is 84.5 Å². The van der Waals surface area contributed by atoms with Gasteiger partial charge in [0.05, 0.1) is 0 Å². The molecule has 3 N–H and O–H groups in total. The van der Waals surface area contributed by atoms with Crippen LogP contribution >= 0.6 is 0 Å². The highest BCUT2D eigenvalue weighted by atomic mass is 16.4. The molecular weight excluding hydrogens is 226 g/mol. The Kier molecular flexibility index (Phi) is 20.6. The van der Waals surface area contributed by atoms with E-state index in [0.29, 0.717) is 0 Å². The van der Waals surface area contributed by atoms with Gasteiger partial charge in [0, 0.05) is 6.42 Å². The standard InChI is InChI=1S/C12H27N.C3H6O2/c1-2-3-4-5-6-7-8-9-10-11-12-13;1-2-3(4)5/h2-13H2,1H3;2H2,1H3,(H,4,5). The Morgan fingerprint density at radius 3 is 1.44 bits per heavy atom. The van der Waals surface area contributed by atoms with Gasteiger partial charge in [-0.2, -0.15) is 0 Å². The molecule has 0 aromatic rings. The number of rotatable bonds is 11. The molecule has 0 aromatic carbocycles. The Bertz CT molecular complexity index is 151. The summed E-state index contributed by atoms with van der Waals surface area (Å²) in [5, 5.41) is 7.72. The number of carboxylic acids is 1. The fourth-order valence-electron chi connectivity index (χ4n) is 1.63. The minimum Gasteiger partial charge on any atom is -0.481 e. The van der Waals surface area contributed by atoms with Crippen LogP contribution in [0.15, 0.2) is 0 Å². The SMILES string of the molecule is CCC(=O)O.CCCCCCCCCCCCN. The van der Waals surface area contributed by atoms with Crippen molar-refractivity contribution in [2.24, 2.45) is 5.73 Å². The molecule has 0 saturated carbocycles. The number of unbranched alkanes of at least 4 members (excludes halogenated alkanes) is 9. The minimum atomic E-state index is -0.745. The Morgan fingerprint density at radius 2 is 1.17 bits per heavy atom. The molecular formula is C15H33NO2. The molecule has 0 amide bonds. The highest BCUT2D eigenvalue weighted by Gasteiger charge is 1.91. The van der Waals surface area contributed by atoms with Crippen LogP contribution in [0.4, 0.5) is 0 Å². The lowest BCUT2D eigenvalue weighted by Crippen LogP contribution is -1.97. The number of carbonyl (C=O) groups is 1. The predicted molar refractivity (Wildman–Crippen MR) is 78.8 cm³/mol. The third-order valence-corrected chi connectivity index (χ3v) is 2.86. The van der Waals surface area contributed by atoms with Crippen molar-refractivity contribution in [3.8, 4) is 0 Å². The molecule has 0 aliphatic rings. The second kappa shape index (κ2) is 18.8. The zero-order chi connectivity index (χ0) is 14.1. The highest BCUT2D eigenvalue weighted by molar-refractivity contribution is 5.66. The maximum atomic E-state index is 9.37. The van der Waals surface area contributed by atoms with Crippen LogP contribution in [0.5, 0.6) is 0 Å². The summed E-state index contributed by atoms with van der Waals surface area (Å²) < 4.78 is 0. The van der Waals surface area contributed by atoms with Gasteiger partial charge >= 0.3 is 5.97 Å². The van der Waals surface area contributed by atoms with Gasteiger partial charge in [0.2, 0.25) is 0 Å². The van der Waals surface area contributed by atoms with Gasteiger partial charge in [-0.15, -0.1) is 0 Å². The molecule has 0 spiro atoms. The van der Waals surface area contributed by atoms with Crippen LogP contribution in [-0.2, 0) is 4.79 Å². The first-order chi connectivity index (χ1) is 8.68. The van der Waals surface area contributed by atoms with E-state index >= 15 is 0 Å². The van der Waals surface area contributed by atoms with E-state index in [1.165, 1.54) is 64.2 Å². The quantitative estimate of drug-likeness (QED) is 0.542. The molecule has 0 fully saturated rings. The fourth-order valence-corrected chi connectivity index (χ4v) is 1.63. The third kappa shape index (κ3) is 24.6. The molecule has 0 radical (unpaired) electrons. The topological polar surface area (TPSA) is 63.3 Å². The van der Waals surface area contributed by atoms with Crippen molar-refractivity contribution in [3.05, 3.63) is 0 Å². The van der Waals surface area contributed by atoms with Crippen LogP contribution in [-0.4, -0.2) is 17.6 Å². The summed E-state index contributed by atoms with van der Waals surface area (Å²) in [4.78, 5) is 9.37. The first kappa shape index (κ1) is 19.8. The van der Waals surface area contributed by atoms with Gasteiger partial charge in [-0.05, 0) is 13.0 Å². The van der Waals surface area contributed by atoms with Crippen molar-refractivity contribution in [2.75, 3.05) is 6.54 Å². The van der Waals surface area contributed by atoms with E-state index in [1.807, 2.05) is 0 Å². The Morgan fingerprint density at radius 1 is 0.833 bits per heavy atom. The minimum absolute atomic E-state index is 0.222. The second-order valence-corrected chi connectivity index (χ2v) is 4.72. The van der Waals surface area contributed by atoms with E-state index in [2.05, 4.69) is 6.92 Å². The van der Waals surface area contributed by atoms with Crippen LogP contribution in [0.3, 0.4) is 0 Å². The largest absolute Gasteiger partial charge is 0.481 e. The van der Waals surface area contributed by atoms with Crippen molar-refractivity contribution in [1.29, 1.82) is 0 Å². The van der Waals surface area contributed by atoms with Crippen LogP contribution in [0, 0.1) is 0 Å². The van der Waals surface area contributed by atoms with Gasteiger partial charge in [0.1, 0.15) is 0 Å². The van der Waals surface area contributed by atoms with Crippen LogP contribution < -0.4 is 5.73 Å². The monoisotopic (exact) mass is 259 g/mol. The van der Waals surface area contributed by atoms with Crippen LogP contribution in [0.1, 0.15) is 84.5 Å². The zero-order valence-electron chi connectivity index (χ0n) is 12.4. The third-order valence-electron chi connectivity index (χ3n) is 2.86. The van der Waals surface area contributed by atoms with Crippen LogP contribution in [0.2, 0.25) is 0 Å². The molecule has 0 aliphatic carbocycles. The average Bonchev–Trinajstić information content (AvgIpc) is 2.37. The van der Waals surface area contributed by atoms with Gasteiger partial charge in [0.25, 0.3) is 0 Å². The maximum Gasteiger partial charge on any atom is 0.303 e. The van der Waals surface area contributed by atoms with Crippen molar-refractivity contribution < 1.29 is 9.90 Å². The van der Waals surface area contributed by atoms with Gasteiger partial charge in [-0.25, -0.2) is 0 Å². The molecule has 0 heterocycles. The lowest BCUT2D eigenvalue weighted by molar-refractivity contribution is -0.136. The lowest BCUT2D eigenvalue weighted by atomic mass is 10.1. The molecule has 110 valence electrons. The number of hydrogen-bond donors (Lipinski definition) is 2. The van der Waals surface area contributed by atoms with E-state index in [4.69, 9.17) is 10.8 Å². The number of carboxylic acid groups (broad SMARTS) is 1. The summed E-state index contributed by atoms with van der Waals surface area (Å²) in [7, 11) is 0. The van der Waals surface area contributed by atoms with Crippen molar-refractivity contribution in [3.63, 3.8) is 0 Å². The molecule has 0 aromatic heterocycles.